The summed E-state index contributed by atoms with van der Waals surface area (Å²) in [5, 5.41) is 4.72. The molecule has 36 heavy (non-hydrogen) atoms. The highest BCUT2D eigenvalue weighted by Crippen LogP contribution is 2.35. The molecule has 5 rings (SSSR count). The number of hydrogen-bond donors (Lipinski definition) is 2. The van der Waals surface area contributed by atoms with Gasteiger partial charge in [-0.15, -0.1) is 11.3 Å². The van der Waals surface area contributed by atoms with Crippen molar-refractivity contribution < 1.29 is 4.74 Å². The van der Waals surface area contributed by atoms with Crippen LogP contribution in [0.1, 0.15) is 24.8 Å². The van der Waals surface area contributed by atoms with Gasteiger partial charge in [-0.05, 0) is 60.9 Å². The Labute approximate surface area is 220 Å². The fourth-order valence-electron chi connectivity index (χ4n) is 4.32. The largest absolute Gasteiger partial charge is 0.493 e. The van der Waals surface area contributed by atoms with Crippen molar-refractivity contribution >= 4 is 66.7 Å². The predicted octanol–water partition coefficient (Wildman–Crippen LogP) is 6.66. The van der Waals surface area contributed by atoms with E-state index in [-0.39, 0.29) is 0 Å². The average Bonchev–Trinajstić information content (AvgIpc) is 3.30. The first kappa shape index (κ1) is 24.6. The van der Waals surface area contributed by atoms with Crippen LogP contribution in [-0.4, -0.2) is 37.2 Å². The third-order valence-electron chi connectivity index (χ3n) is 6.05. The first-order chi connectivity index (χ1) is 17.5. The van der Waals surface area contributed by atoms with Crippen LogP contribution in [-0.2, 0) is 6.42 Å². The minimum Gasteiger partial charge on any atom is -0.493 e. The van der Waals surface area contributed by atoms with Crippen LogP contribution in [0.2, 0.25) is 0 Å². The van der Waals surface area contributed by atoms with Crippen LogP contribution in [0.5, 0.6) is 5.75 Å². The number of aromatic nitrogens is 2. The predicted molar refractivity (Wildman–Crippen MR) is 156 cm³/mol. The fraction of sp³-hybridized carbons (Fsp3) is 0.286. The van der Waals surface area contributed by atoms with E-state index in [1.165, 1.54) is 21.4 Å². The molecule has 186 valence electrons. The summed E-state index contributed by atoms with van der Waals surface area (Å²) < 4.78 is 10.6. The number of nitrogens with one attached hydrogen (secondary N) is 1. The Kier molecular flexibility index (Phi) is 7.46. The Morgan fingerprint density at radius 3 is 2.69 bits per heavy atom. The van der Waals surface area contributed by atoms with Crippen molar-refractivity contribution in [2.45, 2.75) is 31.1 Å². The molecule has 5 aromatic rings. The van der Waals surface area contributed by atoms with E-state index < -0.39 is 0 Å². The molecule has 0 aliphatic heterocycles. The number of nitrogens with two attached hydrogens (primary N) is 1. The van der Waals surface area contributed by atoms with Gasteiger partial charge >= 0.3 is 0 Å². The lowest BCUT2D eigenvalue weighted by Crippen LogP contribution is -2.10. The second-order valence-corrected chi connectivity index (χ2v) is 10.9. The number of ether oxygens (including phenoxy) is 1. The second-order valence-electron chi connectivity index (χ2n) is 8.93. The quantitative estimate of drug-likeness (QED) is 0.158. The molecule has 0 atom stereocenters. The summed E-state index contributed by atoms with van der Waals surface area (Å²) in [5.41, 5.74) is 9.12. The van der Waals surface area contributed by atoms with Gasteiger partial charge in [0, 0.05) is 48.1 Å². The third kappa shape index (κ3) is 5.07. The highest BCUT2D eigenvalue weighted by molar-refractivity contribution is 7.97. The number of anilines is 2. The Hall–Kier alpha value is -3.07. The minimum absolute atomic E-state index is 0.487. The number of benzene rings is 3. The van der Waals surface area contributed by atoms with Crippen molar-refractivity contribution in [2.75, 3.05) is 37.9 Å². The zero-order valence-electron chi connectivity index (χ0n) is 20.9. The lowest BCUT2D eigenvalue weighted by atomic mass is 10.1. The molecule has 0 spiro atoms. The third-order valence-corrected chi connectivity index (χ3v) is 8.12. The molecular formula is C28H31N5OS2. The van der Waals surface area contributed by atoms with E-state index in [0.29, 0.717) is 12.4 Å². The number of pyridine rings is 1. The minimum atomic E-state index is 0.487. The Morgan fingerprint density at radius 2 is 1.86 bits per heavy atom. The first-order valence-corrected chi connectivity index (χ1v) is 13.9. The summed E-state index contributed by atoms with van der Waals surface area (Å²) in [6, 6.07) is 19.0. The van der Waals surface area contributed by atoms with Gasteiger partial charge < -0.3 is 15.4 Å². The number of fused-ring (bicyclic) bond motifs is 4. The van der Waals surface area contributed by atoms with Crippen LogP contribution in [0.15, 0.2) is 59.5 Å². The van der Waals surface area contributed by atoms with Gasteiger partial charge in [-0.3, -0.25) is 4.72 Å². The van der Waals surface area contributed by atoms with E-state index >= 15 is 0 Å². The summed E-state index contributed by atoms with van der Waals surface area (Å²) in [5.74, 6) is 1.30. The Balaban J connectivity index is 1.18. The van der Waals surface area contributed by atoms with Gasteiger partial charge in [-0.1, -0.05) is 31.2 Å². The van der Waals surface area contributed by atoms with E-state index in [4.69, 9.17) is 15.5 Å². The lowest BCUT2D eigenvalue weighted by Gasteiger charge is -2.16. The van der Waals surface area contributed by atoms with Gasteiger partial charge in [0.2, 0.25) is 0 Å². The van der Waals surface area contributed by atoms with Crippen LogP contribution in [0.3, 0.4) is 0 Å². The summed E-state index contributed by atoms with van der Waals surface area (Å²) >= 11 is 3.39. The van der Waals surface area contributed by atoms with E-state index in [1.54, 1.807) is 23.3 Å². The van der Waals surface area contributed by atoms with Gasteiger partial charge in [0.1, 0.15) is 11.3 Å². The fourth-order valence-corrected chi connectivity index (χ4v) is 6.36. The number of hydrogen-bond acceptors (Lipinski definition) is 8. The van der Waals surface area contributed by atoms with Crippen LogP contribution < -0.4 is 20.1 Å². The highest BCUT2D eigenvalue weighted by atomic mass is 32.2. The van der Waals surface area contributed by atoms with Gasteiger partial charge in [0.05, 0.1) is 21.8 Å². The molecule has 6 nitrogen and oxygen atoms in total. The molecule has 0 amide bonds. The second kappa shape index (κ2) is 10.9. The van der Waals surface area contributed by atoms with E-state index in [9.17, 15) is 0 Å². The molecule has 8 heteroatoms. The monoisotopic (exact) mass is 517 g/mol. The Bertz CT molecular complexity index is 1510. The summed E-state index contributed by atoms with van der Waals surface area (Å²) in [7, 11) is 4.16. The molecule has 0 unspecified atom stereocenters. The maximum Gasteiger partial charge on any atom is 0.151 e. The number of nitrogens with zero attached hydrogens (tertiary/aromatic N) is 3. The molecule has 0 bridgehead atoms. The topological polar surface area (TPSA) is 76.3 Å². The molecule has 0 saturated carbocycles. The van der Waals surface area contributed by atoms with Gasteiger partial charge in [-0.25, -0.2) is 9.97 Å². The van der Waals surface area contributed by atoms with Crippen LogP contribution in [0, 0.1) is 0 Å². The lowest BCUT2D eigenvalue weighted by molar-refractivity contribution is 0.312. The normalized spacial score (nSPS) is 11.5. The van der Waals surface area contributed by atoms with E-state index in [0.717, 1.165) is 57.7 Å². The maximum absolute atomic E-state index is 6.22. The van der Waals surface area contributed by atoms with E-state index in [2.05, 4.69) is 78.1 Å². The summed E-state index contributed by atoms with van der Waals surface area (Å²) in [6.07, 6.45) is 2.92. The molecule has 0 aliphatic carbocycles. The molecule has 0 aliphatic rings. The zero-order valence-corrected chi connectivity index (χ0v) is 22.5. The van der Waals surface area contributed by atoms with Gasteiger partial charge in [0.25, 0.3) is 0 Å². The molecule has 2 heterocycles. The number of aryl methyl sites for hydroxylation is 1. The van der Waals surface area contributed by atoms with Gasteiger partial charge in [0.15, 0.2) is 5.82 Å². The maximum atomic E-state index is 6.22. The zero-order chi connectivity index (χ0) is 25.1. The average molecular weight is 518 g/mol. The number of rotatable bonds is 10. The molecule has 3 N–H and O–H groups in total. The molecular weight excluding hydrogens is 486 g/mol. The number of thiazole rings is 1. The molecule has 0 saturated heterocycles. The van der Waals surface area contributed by atoms with Crippen molar-refractivity contribution in [3.63, 3.8) is 0 Å². The number of nitrogen functional groups attached to an aromatic ring is 1. The molecule has 0 fully saturated rings. The molecule has 0 radical (unpaired) electrons. The molecule has 2 aromatic heterocycles. The standard InChI is InChI=1S/C28H31N5OS2/c1-4-8-25-32-26-27(35-25)21-14-13-18(17-22(21)31-28(26)29)34-16-7-15-30-36-24-12-6-9-19-20(24)10-5-11-23(19)33(2)3/h5-6,9-14,17,30H,4,7-8,15-16H2,1-3H3,(H2,29,31). The van der Waals surface area contributed by atoms with Crippen LogP contribution >= 0.6 is 23.3 Å². The van der Waals surface area contributed by atoms with Gasteiger partial charge in [-0.2, -0.15) is 0 Å². The SMILES string of the molecule is CCCc1nc2c(N)nc3cc(OCCCNSc4cccc5c(N(C)C)cccc45)ccc3c2s1. The summed E-state index contributed by atoms with van der Waals surface area (Å²) in [6.45, 7) is 3.63. The summed E-state index contributed by atoms with van der Waals surface area (Å²) in [4.78, 5) is 12.7. The van der Waals surface area contributed by atoms with Crippen molar-refractivity contribution in [3.05, 3.63) is 59.6 Å². The van der Waals surface area contributed by atoms with Crippen molar-refractivity contribution in [2.24, 2.45) is 0 Å². The van der Waals surface area contributed by atoms with Crippen molar-refractivity contribution in [1.82, 2.24) is 14.7 Å². The van der Waals surface area contributed by atoms with Crippen molar-refractivity contribution in [1.29, 1.82) is 0 Å². The van der Waals surface area contributed by atoms with Crippen LogP contribution in [0.4, 0.5) is 11.5 Å². The highest BCUT2D eigenvalue weighted by Gasteiger charge is 2.13. The molecule has 3 aromatic carbocycles. The first-order valence-electron chi connectivity index (χ1n) is 12.3. The van der Waals surface area contributed by atoms with E-state index in [1.807, 2.05) is 12.1 Å². The van der Waals surface area contributed by atoms with Crippen molar-refractivity contribution in [3.8, 4) is 5.75 Å². The van der Waals surface area contributed by atoms with Crippen LogP contribution in [0.25, 0.3) is 31.9 Å². The smallest absolute Gasteiger partial charge is 0.151 e. The Morgan fingerprint density at radius 1 is 1.03 bits per heavy atom.